The van der Waals surface area contributed by atoms with Crippen LogP contribution in [0.3, 0.4) is 0 Å². The average molecular weight is 457 g/mol. The summed E-state index contributed by atoms with van der Waals surface area (Å²) >= 11 is 1.52. The summed E-state index contributed by atoms with van der Waals surface area (Å²) in [5, 5.41) is 0. The van der Waals surface area contributed by atoms with Crippen LogP contribution in [0.5, 0.6) is 0 Å². The minimum absolute atomic E-state index is 0.00905. The Kier molecular flexibility index (Phi) is 4.89. The van der Waals surface area contributed by atoms with Crippen LogP contribution in [0, 0.1) is 12.3 Å². The predicted octanol–water partition coefficient (Wildman–Crippen LogP) is 4.95. The second-order valence-corrected chi connectivity index (χ2v) is 10.8. The van der Waals surface area contributed by atoms with Crippen molar-refractivity contribution >= 4 is 27.2 Å². The zero-order valence-corrected chi connectivity index (χ0v) is 19.9. The van der Waals surface area contributed by atoms with Gasteiger partial charge in [0, 0.05) is 35.6 Å². The topological polar surface area (TPSA) is 41.4 Å². The second-order valence-electron chi connectivity index (χ2n) is 9.79. The molecule has 0 radical (unpaired) electrons. The molecule has 168 valence electrons. The highest BCUT2D eigenvalue weighted by molar-refractivity contribution is 7.22. The normalized spacial score (nSPS) is 21.0. The van der Waals surface area contributed by atoms with Crippen LogP contribution >= 0.6 is 11.3 Å². The smallest absolute Gasteiger partial charge is 0.275 e. The van der Waals surface area contributed by atoms with Gasteiger partial charge < -0.3 is 9.80 Å². The molecule has 1 spiro atoms. The molecule has 1 unspecified atom stereocenters. The van der Waals surface area contributed by atoms with Gasteiger partial charge in [0.05, 0.1) is 11.2 Å². The van der Waals surface area contributed by atoms with Crippen molar-refractivity contribution in [3.8, 4) is 16.1 Å². The molecule has 5 nitrogen and oxygen atoms in total. The van der Waals surface area contributed by atoms with Crippen LogP contribution in [0.25, 0.3) is 26.3 Å². The van der Waals surface area contributed by atoms with E-state index in [1.165, 1.54) is 48.5 Å². The van der Waals surface area contributed by atoms with Gasteiger partial charge in [0.15, 0.2) is 0 Å². The number of aromatic nitrogens is 2. The number of hydrogen-bond acceptors (Lipinski definition) is 5. The molecule has 2 aliphatic rings. The van der Waals surface area contributed by atoms with Gasteiger partial charge in [0.25, 0.3) is 5.56 Å². The van der Waals surface area contributed by atoms with Gasteiger partial charge in [-0.2, -0.15) is 0 Å². The van der Waals surface area contributed by atoms with Crippen molar-refractivity contribution < 1.29 is 0 Å². The molecule has 2 aromatic heterocycles. The maximum absolute atomic E-state index is 13.3. The van der Waals surface area contributed by atoms with Gasteiger partial charge in [-0.25, -0.2) is 4.98 Å². The minimum Gasteiger partial charge on any atom is -0.371 e. The molecule has 0 aliphatic carbocycles. The van der Waals surface area contributed by atoms with Crippen LogP contribution in [0.15, 0.2) is 65.7 Å². The fourth-order valence-corrected chi connectivity index (χ4v) is 6.47. The van der Waals surface area contributed by atoms with E-state index in [-0.39, 0.29) is 5.56 Å². The monoisotopic (exact) mass is 456 g/mol. The summed E-state index contributed by atoms with van der Waals surface area (Å²) in [4.78, 5) is 23.9. The second kappa shape index (κ2) is 7.82. The van der Waals surface area contributed by atoms with Crippen molar-refractivity contribution in [2.75, 3.05) is 38.1 Å². The van der Waals surface area contributed by atoms with E-state index in [0.29, 0.717) is 10.1 Å². The van der Waals surface area contributed by atoms with Crippen molar-refractivity contribution in [2.24, 2.45) is 5.41 Å². The summed E-state index contributed by atoms with van der Waals surface area (Å²) < 4.78 is 2.36. The van der Waals surface area contributed by atoms with E-state index in [4.69, 9.17) is 0 Å². The Morgan fingerprint density at radius 2 is 1.67 bits per heavy atom. The zero-order chi connectivity index (χ0) is 22.6. The van der Waals surface area contributed by atoms with E-state index in [0.717, 1.165) is 34.7 Å². The Hall–Kier alpha value is -2.96. The van der Waals surface area contributed by atoms with Crippen molar-refractivity contribution in [2.45, 2.75) is 19.8 Å². The van der Waals surface area contributed by atoms with Crippen LogP contribution in [-0.2, 0) is 0 Å². The molecule has 0 saturated carbocycles. The molecule has 6 heteroatoms. The Morgan fingerprint density at radius 3 is 2.39 bits per heavy atom. The molecule has 0 amide bonds. The Bertz CT molecular complexity index is 1370. The van der Waals surface area contributed by atoms with Crippen molar-refractivity contribution in [3.05, 3.63) is 76.8 Å². The van der Waals surface area contributed by atoms with E-state index in [9.17, 15) is 4.79 Å². The molecule has 2 fully saturated rings. The van der Waals surface area contributed by atoms with Crippen molar-refractivity contribution in [1.29, 1.82) is 0 Å². The highest BCUT2D eigenvalue weighted by atomic mass is 32.1. The van der Waals surface area contributed by atoms with E-state index < -0.39 is 0 Å². The fourth-order valence-electron chi connectivity index (χ4n) is 5.43. The highest BCUT2D eigenvalue weighted by Crippen LogP contribution is 2.40. The summed E-state index contributed by atoms with van der Waals surface area (Å²) in [5.41, 5.74) is 5.65. The van der Waals surface area contributed by atoms with Crippen LogP contribution < -0.4 is 10.5 Å². The van der Waals surface area contributed by atoms with Crippen molar-refractivity contribution in [3.63, 3.8) is 0 Å². The van der Waals surface area contributed by atoms with Crippen LogP contribution in [-0.4, -0.2) is 47.7 Å². The number of anilines is 1. The quantitative estimate of drug-likeness (QED) is 0.437. The summed E-state index contributed by atoms with van der Waals surface area (Å²) in [6, 6.07) is 18.8. The molecule has 6 rings (SSSR count). The fraction of sp³-hybridized carbons (Fsp3) is 0.333. The number of rotatable bonds is 3. The Labute approximate surface area is 197 Å². The van der Waals surface area contributed by atoms with E-state index >= 15 is 0 Å². The van der Waals surface area contributed by atoms with E-state index in [1.807, 2.05) is 18.2 Å². The summed E-state index contributed by atoms with van der Waals surface area (Å²) in [6.45, 7) is 6.72. The lowest BCUT2D eigenvalue weighted by atomic mass is 9.86. The molecule has 0 bridgehead atoms. The lowest BCUT2D eigenvalue weighted by Crippen LogP contribution is -2.29. The first-order chi connectivity index (χ1) is 16.0. The lowest BCUT2D eigenvalue weighted by molar-refractivity contribution is 0.312. The molecular weight excluding hydrogens is 428 g/mol. The van der Waals surface area contributed by atoms with Gasteiger partial charge in [-0.05, 0) is 69.3 Å². The molecule has 33 heavy (non-hydrogen) atoms. The number of nitrogens with zero attached hydrogens (tertiary/aromatic N) is 4. The lowest BCUT2D eigenvalue weighted by Gasteiger charge is -2.25. The number of likely N-dealkylation sites (tertiary alicyclic amines) is 1. The zero-order valence-electron chi connectivity index (χ0n) is 19.1. The molecule has 2 saturated heterocycles. The molecular formula is C27H28N4OS. The largest absolute Gasteiger partial charge is 0.371 e. The highest BCUT2D eigenvalue weighted by Gasteiger charge is 2.42. The maximum Gasteiger partial charge on any atom is 0.275 e. The van der Waals surface area contributed by atoms with Gasteiger partial charge in [-0.15, -0.1) is 11.3 Å². The molecule has 2 aromatic carbocycles. The number of fused-ring (bicyclic) bond motifs is 1. The first-order valence-corrected chi connectivity index (χ1v) is 12.4. The number of hydrogen-bond donors (Lipinski definition) is 0. The molecule has 1 atom stereocenters. The van der Waals surface area contributed by atoms with Crippen LogP contribution in [0.2, 0.25) is 0 Å². The van der Waals surface area contributed by atoms with Crippen LogP contribution in [0.4, 0.5) is 5.69 Å². The van der Waals surface area contributed by atoms with E-state index in [2.05, 4.69) is 65.2 Å². The average Bonchev–Trinajstić information content (AvgIpc) is 3.54. The van der Waals surface area contributed by atoms with E-state index in [1.54, 1.807) is 10.9 Å². The third kappa shape index (κ3) is 3.67. The number of thiophene rings is 1. The van der Waals surface area contributed by atoms with Gasteiger partial charge in [-0.1, -0.05) is 29.8 Å². The first kappa shape index (κ1) is 20.6. The molecule has 4 heterocycles. The first-order valence-electron chi connectivity index (χ1n) is 11.6. The Balaban J connectivity index is 1.27. The van der Waals surface area contributed by atoms with Gasteiger partial charge >= 0.3 is 0 Å². The summed E-state index contributed by atoms with van der Waals surface area (Å²) in [5.74, 6) is 0. The standard InChI is InChI=1S/C27H28N4OS/c1-19-3-5-20(6-4-19)24-15-23-25(33-24)26(32)31(18-28-23)22-9-7-21(8-10-22)30-14-12-27(17-30)11-13-29(2)16-27/h3-10,15,18H,11-14,16-17H2,1-2H3. The minimum atomic E-state index is -0.00905. The third-order valence-corrected chi connectivity index (χ3v) is 8.50. The van der Waals surface area contributed by atoms with Crippen molar-refractivity contribution in [1.82, 2.24) is 14.5 Å². The summed E-state index contributed by atoms with van der Waals surface area (Å²) in [7, 11) is 2.23. The Morgan fingerprint density at radius 1 is 0.939 bits per heavy atom. The third-order valence-electron chi connectivity index (χ3n) is 7.33. The van der Waals surface area contributed by atoms with Gasteiger partial charge in [-0.3, -0.25) is 9.36 Å². The van der Waals surface area contributed by atoms with Crippen LogP contribution in [0.1, 0.15) is 18.4 Å². The number of benzene rings is 2. The summed E-state index contributed by atoms with van der Waals surface area (Å²) in [6.07, 6.45) is 4.22. The molecule has 0 N–H and O–H groups in total. The maximum atomic E-state index is 13.3. The molecule has 2 aliphatic heterocycles. The molecule has 4 aromatic rings. The van der Waals surface area contributed by atoms with Gasteiger partial charge in [0.1, 0.15) is 11.0 Å². The van der Waals surface area contributed by atoms with Gasteiger partial charge in [0.2, 0.25) is 0 Å². The number of aryl methyl sites for hydroxylation is 1. The predicted molar refractivity (Wildman–Crippen MR) is 137 cm³/mol. The SMILES string of the molecule is Cc1ccc(-c2cc3ncn(-c4ccc(N5CCC6(CCN(C)C6)C5)cc4)c(=O)c3s2)cc1.